The first-order valence-corrected chi connectivity index (χ1v) is 17.2. The first kappa shape index (κ1) is 41.0. The van der Waals surface area contributed by atoms with Crippen molar-refractivity contribution in [2.24, 2.45) is 28.2 Å². The first-order chi connectivity index (χ1) is 20.8. The molecule has 1 aliphatic heterocycles. The van der Waals surface area contributed by atoms with E-state index >= 15 is 0 Å². The molecule has 1 atom stereocenters. The number of hydrogen-bond acceptors (Lipinski definition) is 5. The van der Waals surface area contributed by atoms with Crippen molar-refractivity contribution < 1.29 is 19.2 Å². The molecular formula is C38H61N3O4S. The normalized spacial score (nSPS) is 16.7. The van der Waals surface area contributed by atoms with E-state index in [2.05, 4.69) is 88.0 Å². The number of ketones is 1. The van der Waals surface area contributed by atoms with E-state index in [4.69, 9.17) is 11.5 Å². The van der Waals surface area contributed by atoms with E-state index in [0.29, 0.717) is 29.5 Å². The number of carbonyl (C=O) groups is 4. The summed E-state index contributed by atoms with van der Waals surface area (Å²) in [7, 11) is 0. The third-order valence-corrected chi connectivity index (χ3v) is 9.04. The van der Waals surface area contributed by atoms with Crippen LogP contribution in [-0.4, -0.2) is 41.0 Å². The van der Waals surface area contributed by atoms with Crippen LogP contribution >= 0.6 is 11.3 Å². The number of likely N-dealkylation sites (tertiary alicyclic amines) is 1. The predicted molar refractivity (Wildman–Crippen MR) is 192 cm³/mol. The summed E-state index contributed by atoms with van der Waals surface area (Å²) in [5.74, 6) is 0.252. The number of thiophene rings is 1. The quantitative estimate of drug-likeness (QED) is 0.344. The van der Waals surface area contributed by atoms with Crippen LogP contribution < -0.4 is 11.5 Å². The van der Waals surface area contributed by atoms with Gasteiger partial charge in [-0.3, -0.25) is 14.4 Å². The lowest BCUT2D eigenvalue weighted by Gasteiger charge is -2.25. The van der Waals surface area contributed by atoms with Crippen molar-refractivity contribution in [1.29, 1.82) is 0 Å². The van der Waals surface area contributed by atoms with Crippen LogP contribution in [0.2, 0.25) is 0 Å². The van der Waals surface area contributed by atoms with Crippen molar-refractivity contribution in [2.45, 2.75) is 133 Å². The number of rotatable bonds is 4. The van der Waals surface area contributed by atoms with Crippen LogP contribution in [0, 0.1) is 16.7 Å². The van der Waals surface area contributed by atoms with E-state index in [9.17, 15) is 19.2 Å². The largest absolute Gasteiger partial charge is 0.366 e. The Morgan fingerprint density at radius 3 is 1.59 bits per heavy atom. The molecule has 2 heterocycles. The van der Waals surface area contributed by atoms with Gasteiger partial charge in [0, 0.05) is 35.4 Å². The Balaban J connectivity index is 0.000000312. The zero-order valence-electron chi connectivity index (χ0n) is 30.8. The van der Waals surface area contributed by atoms with Gasteiger partial charge in [-0.05, 0) is 77.0 Å². The number of carbonyl (C=O) groups excluding carboxylic acids is 4. The van der Waals surface area contributed by atoms with Crippen LogP contribution in [0.1, 0.15) is 147 Å². The van der Waals surface area contributed by atoms with E-state index < -0.39 is 0 Å². The Kier molecular flexibility index (Phi) is 14.5. The molecule has 3 amide bonds. The maximum Gasteiger partial charge on any atom is 0.249 e. The molecule has 2 aromatic rings. The zero-order valence-corrected chi connectivity index (χ0v) is 31.6. The Morgan fingerprint density at radius 1 is 0.783 bits per heavy atom. The second kappa shape index (κ2) is 16.2. The fourth-order valence-electron chi connectivity index (χ4n) is 5.22. The summed E-state index contributed by atoms with van der Waals surface area (Å²) in [6.45, 7) is 28.0. The third kappa shape index (κ3) is 14.2. The zero-order chi connectivity index (χ0) is 35.8. The van der Waals surface area contributed by atoms with Gasteiger partial charge < -0.3 is 21.2 Å². The Morgan fingerprint density at radius 2 is 1.30 bits per heavy atom. The van der Waals surface area contributed by atoms with Crippen LogP contribution in [0.3, 0.4) is 0 Å². The molecular weight excluding hydrogens is 595 g/mol. The van der Waals surface area contributed by atoms with Gasteiger partial charge in [-0.25, -0.2) is 0 Å². The Hall–Kier alpha value is -3.00. The molecule has 0 radical (unpaired) electrons. The molecule has 2 aliphatic rings. The van der Waals surface area contributed by atoms with Crippen molar-refractivity contribution in [3.8, 4) is 0 Å². The molecule has 1 aromatic heterocycles. The van der Waals surface area contributed by atoms with Crippen molar-refractivity contribution >= 4 is 34.8 Å². The van der Waals surface area contributed by atoms with Gasteiger partial charge in [0.15, 0.2) is 0 Å². The SMILES string of the molecule is CC(=O)CC(C)(C)C.CC(C)(C)C1CCN(C2CC2)C1=O.CC(C)(C)c1ccc(C(N)=O)cc1.CC(C)(C)c1sccc1C(N)=O. The molecule has 46 heavy (non-hydrogen) atoms. The average molecular weight is 656 g/mol. The third-order valence-electron chi connectivity index (χ3n) is 7.70. The predicted octanol–water partition coefficient (Wildman–Crippen LogP) is 8.28. The molecule has 1 saturated carbocycles. The fourth-order valence-corrected chi connectivity index (χ4v) is 6.21. The summed E-state index contributed by atoms with van der Waals surface area (Å²) in [4.78, 5) is 47.3. The Bertz CT molecular complexity index is 1310. The lowest BCUT2D eigenvalue weighted by Crippen LogP contribution is -2.33. The van der Waals surface area contributed by atoms with E-state index in [1.807, 2.05) is 17.5 Å². The standard InChI is InChI=1S/C11H19NO.C11H15NO.C9H13NOS.C7H14O/c1-11(2,3)9-6-7-12(10(9)13)8-4-5-8;1-11(2,3)9-6-4-8(5-7-9)10(12)13;1-9(2,3)7-6(8(10)11)4-5-12-7;1-6(8)5-7(2,3)4/h8-9H,4-7H2,1-3H3;4-7H,1-3H3,(H2,12,13);4-5H,1-3H3,(H2,10,11);5H2,1-4H3. The van der Waals surface area contributed by atoms with Crippen LogP contribution in [-0.2, 0) is 20.4 Å². The monoisotopic (exact) mass is 655 g/mol. The van der Waals surface area contributed by atoms with Crippen LogP contribution in [0.25, 0.3) is 0 Å². The molecule has 1 aromatic carbocycles. The summed E-state index contributed by atoms with van der Waals surface area (Å²) in [5, 5.41) is 1.90. The lowest BCUT2D eigenvalue weighted by molar-refractivity contribution is -0.134. The highest BCUT2D eigenvalue weighted by Crippen LogP contribution is 2.39. The number of primary amides is 2. The topological polar surface area (TPSA) is 124 Å². The number of Topliss-reactive ketones (excluding diaryl/α,β-unsaturated/α-hetero) is 1. The molecule has 1 unspecified atom stereocenters. The number of benzene rings is 1. The Labute approximate surface area is 282 Å². The molecule has 4 N–H and O–H groups in total. The summed E-state index contributed by atoms with van der Waals surface area (Å²) >= 11 is 1.58. The van der Waals surface area contributed by atoms with Crippen molar-refractivity contribution in [2.75, 3.05) is 6.54 Å². The second-order valence-electron chi connectivity index (χ2n) is 16.9. The molecule has 2 fully saturated rings. The van der Waals surface area contributed by atoms with Crippen LogP contribution in [0.15, 0.2) is 35.7 Å². The van der Waals surface area contributed by atoms with Crippen molar-refractivity contribution in [3.05, 3.63) is 57.3 Å². The molecule has 0 bridgehead atoms. The summed E-state index contributed by atoms with van der Waals surface area (Å²) in [6.07, 6.45) is 4.23. The highest BCUT2D eigenvalue weighted by atomic mass is 32.1. The van der Waals surface area contributed by atoms with Crippen LogP contribution in [0.4, 0.5) is 0 Å². The van der Waals surface area contributed by atoms with E-state index in [-0.39, 0.29) is 45.2 Å². The first-order valence-electron chi connectivity index (χ1n) is 16.3. The highest BCUT2D eigenvalue weighted by Gasteiger charge is 2.44. The van der Waals surface area contributed by atoms with Crippen LogP contribution in [0.5, 0.6) is 0 Å². The smallest absolute Gasteiger partial charge is 0.249 e. The minimum absolute atomic E-state index is 0.0124. The molecule has 1 aliphatic carbocycles. The van der Waals surface area contributed by atoms with E-state index in [0.717, 1.165) is 17.8 Å². The summed E-state index contributed by atoms with van der Waals surface area (Å²) < 4.78 is 0. The molecule has 8 heteroatoms. The van der Waals surface area contributed by atoms with E-state index in [1.165, 1.54) is 18.4 Å². The average Bonchev–Trinajstić information content (AvgIpc) is 3.41. The molecule has 0 spiro atoms. The van der Waals surface area contributed by atoms with Crippen molar-refractivity contribution in [1.82, 2.24) is 4.90 Å². The maximum absolute atomic E-state index is 12.0. The summed E-state index contributed by atoms with van der Waals surface area (Å²) in [6, 6.07) is 9.82. The minimum Gasteiger partial charge on any atom is -0.366 e. The molecule has 1 saturated heterocycles. The van der Waals surface area contributed by atoms with E-state index in [1.54, 1.807) is 36.5 Å². The fraction of sp³-hybridized carbons (Fsp3) is 0.632. The number of nitrogens with zero attached hydrogens (tertiary/aromatic N) is 1. The van der Waals surface area contributed by atoms with Gasteiger partial charge in [0.1, 0.15) is 5.78 Å². The number of hydrogen-bond donors (Lipinski definition) is 2. The molecule has 4 rings (SSSR count). The van der Waals surface area contributed by atoms with Gasteiger partial charge in [-0.15, -0.1) is 11.3 Å². The number of nitrogens with two attached hydrogens (primary N) is 2. The van der Waals surface area contributed by atoms with Gasteiger partial charge in [0.2, 0.25) is 17.7 Å². The second-order valence-corrected chi connectivity index (χ2v) is 17.8. The van der Waals surface area contributed by atoms with Gasteiger partial charge in [0.25, 0.3) is 0 Å². The maximum atomic E-state index is 12.0. The van der Waals surface area contributed by atoms with Gasteiger partial charge in [0.05, 0.1) is 5.56 Å². The summed E-state index contributed by atoms with van der Waals surface area (Å²) in [5.41, 5.74) is 13.2. The highest BCUT2D eigenvalue weighted by molar-refractivity contribution is 7.10. The van der Waals surface area contributed by atoms with Gasteiger partial charge >= 0.3 is 0 Å². The molecule has 7 nitrogen and oxygen atoms in total. The molecule has 258 valence electrons. The van der Waals surface area contributed by atoms with Gasteiger partial charge in [-0.2, -0.15) is 0 Å². The number of amides is 3. The van der Waals surface area contributed by atoms with Gasteiger partial charge in [-0.1, -0.05) is 95.2 Å². The minimum atomic E-state index is -0.375. The lowest BCUT2D eigenvalue weighted by atomic mass is 9.80. The van der Waals surface area contributed by atoms with Crippen molar-refractivity contribution in [3.63, 3.8) is 0 Å².